The molecule has 6 atom stereocenters. The largest absolute Gasteiger partial charge is 0.508 e. The normalized spacial score (nSPS) is 22.5. The maximum atomic E-state index is 14.9. The van der Waals surface area contributed by atoms with E-state index in [1.807, 2.05) is 31.2 Å². The van der Waals surface area contributed by atoms with E-state index < -0.39 is 81.7 Å². The molecule has 7 rings (SSSR count). The van der Waals surface area contributed by atoms with Crippen molar-refractivity contribution in [2.75, 3.05) is 19.6 Å². The van der Waals surface area contributed by atoms with E-state index in [9.17, 15) is 42.3 Å². The third-order valence-electron chi connectivity index (χ3n) is 14.0. The molecule has 0 unspecified atom stereocenters. The molecule has 73 heavy (non-hydrogen) atoms. The lowest BCUT2D eigenvalue weighted by molar-refractivity contribution is -0.142. The standard InChI is InChI=1S/C52H69N11O9S/c1-32-17-23-37(24-18-32)73(71,72)62-44(29-34-19-21-36(64)22-20-34)49(68)59-41-15-8-25-55-46(65)40(14-7-26-56-52(53)54)58-48(67)43(30-35-31-57-39-13-6-5-12-38(35)39)60-47(66)42(28-33-10-3-2-4-11-33)61-50(69)45-16-9-27-63(45)51(41)70/h5-6,12-13,17-24,31,33,40-45,57,62,64H,2-4,7-11,14-16,25-30H2,1H3,(H,55,65)(H,58,67)(H,59,68)(H,60,66)(H,61,69)(H4,53,54,56)/t40-,41-,42+,43-,44-,45-/m0/s1. The molecule has 12 N–H and O–H groups in total. The molecule has 2 aliphatic heterocycles. The second-order valence-corrected chi connectivity index (χ2v) is 21.2. The molecule has 392 valence electrons. The van der Waals surface area contributed by atoms with Crippen molar-refractivity contribution < 1.29 is 42.3 Å². The highest BCUT2D eigenvalue weighted by Gasteiger charge is 2.41. The number of aryl methyl sites for hydroxylation is 1. The summed E-state index contributed by atoms with van der Waals surface area (Å²) in [4.78, 5) is 91.9. The number of carbonyl (C=O) groups excluding carboxylic acids is 6. The zero-order valence-electron chi connectivity index (χ0n) is 41.2. The summed E-state index contributed by atoms with van der Waals surface area (Å²) in [6, 6.07) is 12.4. The number of guanidine groups is 1. The van der Waals surface area contributed by atoms with Crippen LogP contribution in [0.5, 0.6) is 5.75 Å². The highest BCUT2D eigenvalue weighted by Crippen LogP contribution is 2.29. The number of phenols is 1. The van der Waals surface area contributed by atoms with Crippen LogP contribution >= 0.6 is 0 Å². The minimum absolute atomic E-state index is 0.0180. The fourth-order valence-electron chi connectivity index (χ4n) is 10.0. The van der Waals surface area contributed by atoms with Gasteiger partial charge in [0.05, 0.1) is 4.90 Å². The highest BCUT2D eigenvalue weighted by atomic mass is 32.2. The van der Waals surface area contributed by atoms with E-state index in [0.29, 0.717) is 18.4 Å². The van der Waals surface area contributed by atoms with Crippen molar-refractivity contribution in [1.29, 1.82) is 5.41 Å². The van der Waals surface area contributed by atoms with Crippen LogP contribution in [0.3, 0.4) is 0 Å². The third kappa shape index (κ3) is 14.8. The SMILES string of the molecule is Cc1ccc(S(=O)(=O)N[C@@H](Cc2ccc(O)cc2)C(=O)N[C@H]2CCCNC(=O)[C@H](CCCNC(=N)N)NC(=O)[C@H](Cc3c[nH]c4ccccc34)NC(=O)[C@@H](CC3CCCCC3)NC(=O)[C@@H]3CCCN3C2=O)cc1. The molecule has 20 nitrogen and oxygen atoms in total. The van der Waals surface area contributed by atoms with Gasteiger partial charge in [0.2, 0.25) is 45.5 Å². The predicted molar refractivity (Wildman–Crippen MR) is 274 cm³/mol. The fourth-order valence-corrected chi connectivity index (χ4v) is 11.2. The van der Waals surface area contributed by atoms with Gasteiger partial charge in [-0.05, 0) is 106 Å². The molecule has 0 bridgehead atoms. The van der Waals surface area contributed by atoms with Gasteiger partial charge in [0.1, 0.15) is 42.0 Å². The number of H-pyrrole nitrogens is 1. The van der Waals surface area contributed by atoms with Crippen LogP contribution in [0.1, 0.15) is 93.7 Å². The van der Waals surface area contributed by atoms with Gasteiger partial charge < -0.3 is 52.6 Å². The Hall–Kier alpha value is -7.00. The summed E-state index contributed by atoms with van der Waals surface area (Å²) in [5, 5.41) is 35.6. The van der Waals surface area contributed by atoms with Crippen LogP contribution in [0.15, 0.2) is 83.9 Å². The summed E-state index contributed by atoms with van der Waals surface area (Å²) >= 11 is 0. The molecule has 2 saturated heterocycles. The first-order valence-corrected chi connectivity index (χ1v) is 26.8. The number of nitrogens with zero attached hydrogens (tertiary/aromatic N) is 1. The van der Waals surface area contributed by atoms with Crippen molar-refractivity contribution in [3.8, 4) is 5.75 Å². The Balaban J connectivity index is 1.20. The Morgan fingerprint density at radius 1 is 0.822 bits per heavy atom. The number of amides is 6. The van der Waals surface area contributed by atoms with Crippen LogP contribution in [-0.2, 0) is 51.6 Å². The van der Waals surface area contributed by atoms with Crippen LogP contribution in [0.4, 0.5) is 0 Å². The summed E-state index contributed by atoms with van der Waals surface area (Å²) < 4.78 is 30.1. The molecule has 0 spiro atoms. The quantitative estimate of drug-likeness (QED) is 0.0467. The Bertz CT molecular complexity index is 2710. The van der Waals surface area contributed by atoms with Gasteiger partial charge in [-0.2, -0.15) is 4.72 Å². The number of aromatic hydroxyl groups is 1. The van der Waals surface area contributed by atoms with E-state index in [0.717, 1.165) is 54.1 Å². The van der Waals surface area contributed by atoms with Gasteiger partial charge in [-0.1, -0.05) is 80.1 Å². The third-order valence-corrected chi connectivity index (χ3v) is 15.5. The number of sulfonamides is 1. The lowest BCUT2D eigenvalue weighted by atomic mass is 9.84. The number of phenolic OH excluding ortho intramolecular Hbond substituents is 1. The van der Waals surface area contributed by atoms with Gasteiger partial charge >= 0.3 is 0 Å². The lowest BCUT2D eigenvalue weighted by Gasteiger charge is -2.32. The molecule has 3 fully saturated rings. The summed E-state index contributed by atoms with van der Waals surface area (Å²) in [7, 11) is -4.29. The number of benzene rings is 3. The van der Waals surface area contributed by atoms with Crippen molar-refractivity contribution in [3.05, 3.63) is 95.7 Å². The van der Waals surface area contributed by atoms with E-state index >= 15 is 0 Å². The van der Waals surface area contributed by atoms with E-state index in [-0.39, 0.29) is 87.1 Å². The molecule has 1 aliphatic carbocycles. The average Bonchev–Trinajstić information content (AvgIpc) is 4.03. The zero-order valence-corrected chi connectivity index (χ0v) is 42.0. The summed E-state index contributed by atoms with van der Waals surface area (Å²) in [5.41, 5.74) is 8.42. The number of fused-ring (bicyclic) bond motifs is 2. The lowest BCUT2D eigenvalue weighted by Crippen LogP contribution is -2.60. The zero-order chi connectivity index (χ0) is 52.1. The molecule has 6 amide bonds. The molecular weight excluding hydrogens is 955 g/mol. The number of nitrogens with two attached hydrogens (primary N) is 1. The van der Waals surface area contributed by atoms with Gasteiger partial charge in [-0.3, -0.25) is 34.2 Å². The predicted octanol–water partition coefficient (Wildman–Crippen LogP) is 2.39. The molecule has 3 heterocycles. The minimum Gasteiger partial charge on any atom is -0.508 e. The number of carbonyl (C=O) groups is 6. The van der Waals surface area contributed by atoms with Gasteiger partial charge in [0.15, 0.2) is 5.96 Å². The number of para-hydroxylation sites is 1. The van der Waals surface area contributed by atoms with E-state index in [1.54, 1.807) is 30.5 Å². The van der Waals surface area contributed by atoms with Gasteiger partial charge in [-0.15, -0.1) is 0 Å². The molecule has 4 aromatic rings. The number of aromatic amines is 1. The van der Waals surface area contributed by atoms with E-state index in [1.165, 1.54) is 29.2 Å². The Labute approximate surface area is 425 Å². The van der Waals surface area contributed by atoms with Crippen LogP contribution in [0.25, 0.3) is 10.9 Å². The Kier molecular flexibility index (Phi) is 18.5. The molecule has 1 saturated carbocycles. The minimum atomic E-state index is -4.29. The molecule has 3 aliphatic rings. The summed E-state index contributed by atoms with van der Waals surface area (Å²) in [6.45, 7) is 2.17. The monoisotopic (exact) mass is 1020 g/mol. The highest BCUT2D eigenvalue weighted by molar-refractivity contribution is 7.89. The van der Waals surface area contributed by atoms with Crippen LogP contribution in [0, 0.1) is 18.3 Å². The number of nitrogens with one attached hydrogen (secondary N) is 9. The second kappa shape index (κ2) is 25.1. The van der Waals surface area contributed by atoms with Crippen molar-refractivity contribution >= 4 is 62.3 Å². The fraction of sp³-hybridized carbons (Fsp3) is 0.481. The molecular formula is C52H69N11O9S. The van der Waals surface area contributed by atoms with Crippen molar-refractivity contribution in [3.63, 3.8) is 0 Å². The number of rotatable bonds is 15. The summed E-state index contributed by atoms with van der Waals surface area (Å²) in [5.74, 6) is -3.97. The van der Waals surface area contributed by atoms with Crippen molar-refractivity contribution in [1.82, 2.24) is 46.5 Å². The maximum absolute atomic E-state index is 14.9. The first kappa shape index (κ1) is 53.8. The van der Waals surface area contributed by atoms with Gasteiger partial charge in [0, 0.05) is 43.2 Å². The van der Waals surface area contributed by atoms with E-state index in [4.69, 9.17) is 11.1 Å². The number of aromatic nitrogens is 1. The van der Waals surface area contributed by atoms with Crippen LogP contribution in [0.2, 0.25) is 0 Å². The molecule has 0 radical (unpaired) electrons. The smallest absolute Gasteiger partial charge is 0.245 e. The average molecular weight is 1020 g/mol. The first-order chi connectivity index (χ1) is 35.0. The van der Waals surface area contributed by atoms with Crippen molar-refractivity contribution in [2.45, 2.75) is 138 Å². The maximum Gasteiger partial charge on any atom is 0.245 e. The Morgan fingerprint density at radius 3 is 2.26 bits per heavy atom. The topological polar surface area (TPSA) is 310 Å². The molecule has 21 heteroatoms. The van der Waals surface area contributed by atoms with E-state index in [2.05, 4.69) is 41.6 Å². The van der Waals surface area contributed by atoms with Gasteiger partial charge in [0.25, 0.3) is 0 Å². The van der Waals surface area contributed by atoms with Crippen LogP contribution < -0.4 is 42.4 Å². The first-order valence-electron chi connectivity index (χ1n) is 25.3. The molecule has 1 aromatic heterocycles. The van der Waals surface area contributed by atoms with Crippen molar-refractivity contribution in [2.24, 2.45) is 11.7 Å². The summed E-state index contributed by atoms with van der Waals surface area (Å²) in [6.07, 6.45) is 7.82. The number of hydrogen-bond donors (Lipinski definition) is 11. The second-order valence-electron chi connectivity index (χ2n) is 19.5. The van der Waals surface area contributed by atoms with Crippen LogP contribution in [-0.4, -0.2) is 121 Å². The number of hydrogen-bond acceptors (Lipinski definition) is 10. The molecule has 3 aromatic carbocycles. The van der Waals surface area contributed by atoms with Gasteiger partial charge in [-0.25, -0.2) is 8.42 Å². The Morgan fingerprint density at radius 2 is 1.52 bits per heavy atom.